The standard InChI is InChI=1S/C19H28N6O5S/c1-4-13-10-21-17(23-13)15(9-12-5-7-14(8-6-12)25-31(28)29)24-16(26)11-22-18(27)30-19(2,3)20/h5-8,10,15,25H,4,9,11,20H2,1-3H3,(H,21,23)(H,22,27)(H,24,26)(H,28,29)/p-1/t15-/m0/s1. The summed E-state index contributed by atoms with van der Waals surface area (Å²) in [6.07, 6.45) is 2.04. The molecule has 0 spiro atoms. The number of H-pyrrole nitrogens is 1. The summed E-state index contributed by atoms with van der Waals surface area (Å²) in [5, 5.41) is 5.19. The van der Waals surface area contributed by atoms with Gasteiger partial charge in [-0.3, -0.25) is 14.7 Å². The molecule has 0 aliphatic rings. The molecule has 2 amide bonds. The van der Waals surface area contributed by atoms with Crippen molar-refractivity contribution in [2.24, 2.45) is 5.73 Å². The molecule has 0 fully saturated rings. The lowest BCUT2D eigenvalue weighted by molar-refractivity contribution is -0.121. The van der Waals surface area contributed by atoms with Gasteiger partial charge in [0.2, 0.25) is 5.91 Å². The fourth-order valence-corrected chi connectivity index (χ4v) is 2.99. The van der Waals surface area contributed by atoms with Crippen LogP contribution in [0.4, 0.5) is 10.5 Å². The van der Waals surface area contributed by atoms with Gasteiger partial charge >= 0.3 is 6.09 Å². The van der Waals surface area contributed by atoms with E-state index in [4.69, 9.17) is 10.5 Å². The van der Waals surface area contributed by atoms with E-state index in [0.29, 0.717) is 17.9 Å². The van der Waals surface area contributed by atoms with Crippen LogP contribution in [0.25, 0.3) is 0 Å². The van der Waals surface area contributed by atoms with E-state index in [1.807, 2.05) is 6.92 Å². The van der Waals surface area contributed by atoms with Gasteiger partial charge in [-0.05, 0) is 44.4 Å². The summed E-state index contributed by atoms with van der Waals surface area (Å²) in [5.74, 6) is 0.130. The second-order valence-corrected chi connectivity index (χ2v) is 8.03. The topological polar surface area (TPSA) is 174 Å². The largest absolute Gasteiger partial charge is 0.755 e. The quantitative estimate of drug-likeness (QED) is 0.264. The maximum absolute atomic E-state index is 12.4. The number of nitrogens with zero attached hydrogens (tertiary/aromatic N) is 1. The second kappa shape index (κ2) is 10.9. The maximum atomic E-state index is 12.4. The Kier molecular flexibility index (Phi) is 8.54. The minimum absolute atomic E-state index is 0.301. The van der Waals surface area contributed by atoms with Crippen molar-refractivity contribution >= 4 is 29.0 Å². The summed E-state index contributed by atoms with van der Waals surface area (Å²) in [5.41, 5.74) is 6.63. The van der Waals surface area contributed by atoms with Crippen LogP contribution >= 0.6 is 0 Å². The Balaban J connectivity index is 2.06. The van der Waals surface area contributed by atoms with Gasteiger partial charge < -0.3 is 29.6 Å². The number of aromatic nitrogens is 2. The van der Waals surface area contributed by atoms with Crippen molar-refractivity contribution in [2.75, 3.05) is 11.3 Å². The third kappa shape index (κ3) is 8.74. The van der Waals surface area contributed by atoms with Crippen LogP contribution in [-0.2, 0) is 33.6 Å². The van der Waals surface area contributed by atoms with Crippen molar-refractivity contribution < 1.29 is 23.1 Å². The molecule has 6 N–H and O–H groups in total. The van der Waals surface area contributed by atoms with Gasteiger partial charge in [0.25, 0.3) is 0 Å². The first-order valence-corrected chi connectivity index (χ1v) is 10.7. The minimum Gasteiger partial charge on any atom is -0.755 e. The molecule has 0 saturated carbocycles. The highest BCUT2D eigenvalue weighted by atomic mass is 32.2. The zero-order valence-electron chi connectivity index (χ0n) is 17.6. The van der Waals surface area contributed by atoms with E-state index in [-0.39, 0.29) is 6.54 Å². The predicted octanol–water partition coefficient (Wildman–Crippen LogP) is 0.999. The number of imidazole rings is 1. The predicted molar refractivity (Wildman–Crippen MR) is 114 cm³/mol. The number of ether oxygens (including phenoxy) is 1. The number of anilines is 1. The Morgan fingerprint density at radius 3 is 2.55 bits per heavy atom. The van der Waals surface area contributed by atoms with Gasteiger partial charge in [0, 0.05) is 28.8 Å². The van der Waals surface area contributed by atoms with E-state index in [9.17, 15) is 18.4 Å². The molecule has 2 atom stereocenters. The molecular weight excluding hydrogens is 424 g/mol. The first kappa shape index (κ1) is 24.3. The van der Waals surface area contributed by atoms with Gasteiger partial charge in [-0.25, -0.2) is 9.78 Å². The highest BCUT2D eigenvalue weighted by molar-refractivity contribution is 7.80. The number of alkyl carbamates (subject to hydrolysis) is 1. The molecule has 0 aliphatic heterocycles. The molecule has 1 unspecified atom stereocenters. The van der Waals surface area contributed by atoms with Crippen molar-refractivity contribution in [1.82, 2.24) is 20.6 Å². The highest BCUT2D eigenvalue weighted by Gasteiger charge is 2.21. The van der Waals surface area contributed by atoms with Gasteiger partial charge in [0.15, 0.2) is 5.72 Å². The summed E-state index contributed by atoms with van der Waals surface area (Å²) in [6, 6.07) is 6.24. The van der Waals surface area contributed by atoms with E-state index in [2.05, 4.69) is 25.3 Å². The van der Waals surface area contributed by atoms with Crippen molar-refractivity contribution in [2.45, 2.75) is 45.4 Å². The van der Waals surface area contributed by atoms with Crippen LogP contribution in [0.1, 0.15) is 43.9 Å². The van der Waals surface area contributed by atoms with Crippen LogP contribution in [0.5, 0.6) is 0 Å². The number of hydrogen-bond acceptors (Lipinski definition) is 7. The molecule has 170 valence electrons. The Morgan fingerprint density at radius 2 is 2.00 bits per heavy atom. The van der Waals surface area contributed by atoms with Gasteiger partial charge in [-0.15, -0.1) is 0 Å². The van der Waals surface area contributed by atoms with E-state index in [0.717, 1.165) is 17.7 Å². The third-order valence-corrected chi connectivity index (χ3v) is 4.44. The van der Waals surface area contributed by atoms with Crippen LogP contribution in [0.15, 0.2) is 30.5 Å². The smallest absolute Gasteiger partial charge is 0.409 e. The molecule has 1 aromatic carbocycles. The summed E-state index contributed by atoms with van der Waals surface area (Å²) in [7, 11) is 0. The average Bonchev–Trinajstić information content (AvgIpc) is 3.15. The van der Waals surface area contributed by atoms with E-state index < -0.39 is 35.0 Å². The monoisotopic (exact) mass is 451 g/mol. The number of rotatable bonds is 10. The zero-order valence-corrected chi connectivity index (χ0v) is 18.4. The summed E-state index contributed by atoms with van der Waals surface area (Å²) < 4.78 is 28.7. The number of amides is 2. The van der Waals surface area contributed by atoms with E-state index in [1.165, 1.54) is 13.8 Å². The fourth-order valence-electron chi connectivity index (χ4n) is 2.66. The fraction of sp³-hybridized carbons (Fsp3) is 0.421. The average molecular weight is 452 g/mol. The van der Waals surface area contributed by atoms with Gasteiger partial charge in [-0.1, -0.05) is 19.1 Å². The van der Waals surface area contributed by atoms with Gasteiger partial charge in [0.1, 0.15) is 12.4 Å². The number of carbonyl (C=O) groups is 2. The van der Waals surface area contributed by atoms with Crippen LogP contribution in [-0.4, -0.2) is 43.0 Å². The van der Waals surface area contributed by atoms with Crippen LogP contribution in [0.2, 0.25) is 0 Å². The highest BCUT2D eigenvalue weighted by Crippen LogP contribution is 2.18. The molecule has 12 heteroatoms. The molecule has 0 radical (unpaired) electrons. The summed E-state index contributed by atoms with van der Waals surface area (Å²) in [4.78, 5) is 31.6. The molecule has 11 nitrogen and oxygen atoms in total. The van der Waals surface area contributed by atoms with Crippen LogP contribution in [0, 0.1) is 0 Å². The SMILES string of the molecule is CCc1cnc([C@H](Cc2ccc(NS(=O)[O-])cc2)NC(=O)CNC(=O)OC(C)(C)N)[nH]1. The molecule has 1 aromatic heterocycles. The normalized spacial score (nSPS) is 13.2. The number of hydrogen-bond donors (Lipinski definition) is 5. The lowest BCUT2D eigenvalue weighted by atomic mass is 10.0. The molecule has 2 rings (SSSR count). The van der Waals surface area contributed by atoms with Crippen molar-refractivity contribution in [3.63, 3.8) is 0 Å². The number of nitrogens with one attached hydrogen (secondary N) is 4. The summed E-state index contributed by atoms with van der Waals surface area (Å²) in [6.45, 7) is 4.71. The van der Waals surface area contributed by atoms with E-state index in [1.54, 1.807) is 30.5 Å². The Hall–Kier alpha value is -2.96. The molecular formula is C19H27N6O5S-. The lowest BCUT2D eigenvalue weighted by Crippen LogP contribution is -2.44. The molecule has 31 heavy (non-hydrogen) atoms. The van der Waals surface area contributed by atoms with Gasteiger partial charge in [-0.2, -0.15) is 0 Å². The second-order valence-electron chi connectivity index (χ2n) is 7.35. The van der Waals surface area contributed by atoms with Crippen LogP contribution < -0.4 is 21.1 Å². The number of carbonyl (C=O) groups excluding carboxylic acids is 2. The van der Waals surface area contributed by atoms with Crippen LogP contribution in [0.3, 0.4) is 0 Å². The molecule has 2 aromatic rings. The minimum atomic E-state index is -2.41. The zero-order chi connectivity index (χ0) is 23.0. The number of benzene rings is 1. The van der Waals surface area contributed by atoms with Crippen molar-refractivity contribution in [3.8, 4) is 0 Å². The maximum Gasteiger partial charge on any atom is 0.409 e. The number of nitrogens with two attached hydrogens (primary N) is 1. The molecule has 0 aliphatic carbocycles. The first-order chi connectivity index (χ1) is 14.6. The van der Waals surface area contributed by atoms with Gasteiger partial charge in [0.05, 0.1) is 6.04 Å². The Bertz CT molecular complexity index is 909. The Morgan fingerprint density at radius 1 is 1.32 bits per heavy atom. The van der Waals surface area contributed by atoms with Crippen molar-refractivity contribution in [3.05, 3.63) is 47.5 Å². The third-order valence-electron chi connectivity index (χ3n) is 4.04. The van der Waals surface area contributed by atoms with Crippen molar-refractivity contribution in [1.29, 1.82) is 0 Å². The Labute approximate surface area is 183 Å². The molecule has 0 bridgehead atoms. The number of aromatic amines is 1. The first-order valence-electron chi connectivity index (χ1n) is 9.59. The molecule has 0 saturated heterocycles. The van der Waals surface area contributed by atoms with E-state index >= 15 is 0 Å². The number of aryl methyl sites for hydroxylation is 1. The summed E-state index contributed by atoms with van der Waals surface area (Å²) >= 11 is -2.41. The molecule has 1 heterocycles. The lowest BCUT2D eigenvalue weighted by Gasteiger charge is -2.20.